The molecule has 0 aliphatic rings. The van der Waals surface area contributed by atoms with Crippen molar-refractivity contribution in [2.75, 3.05) is 32.2 Å². The van der Waals surface area contributed by atoms with Crippen LogP contribution < -0.4 is 23.9 Å². The normalized spacial score (nSPS) is 11.2. The number of methoxy groups -OCH3 is 3. The number of carbonyl (C=O) groups is 1. The van der Waals surface area contributed by atoms with Crippen LogP contribution in [0.2, 0.25) is 5.02 Å². The van der Waals surface area contributed by atoms with E-state index in [-0.39, 0.29) is 16.3 Å². The van der Waals surface area contributed by atoms with Crippen LogP contribution in [0.5, 0.6) is 17.2 Å². The lowest BCUT2D eigenvalue weighted by atomic mass is 10.2. The van der Waals surface area contributed by atoms with Crippen molar-refractivity contribution < 1.29 is 27.4 Å². The summed E-state index contributed by atoms with van der Waals surface area (Å²) in [6.07, 6.45) is 1.38. The molecule has 0 atom stereocenters. The van der Waals surface area contributed by atoms with Gasteiger partial charge in [0.2, 0.25) is 0 Å². The molecule has 3 rings (SSSR count). The number of anilines is 1. The molecule has 1 N–H and O–H groups in total. The van der Waals surface area contributed by atoms with Crippen LogP contribution in [-0.4, -0.2) is 48.4 Å². The number of hydrazone groups is 1. The van der Waals surface area contributed by atoms with Crippen molar-refractivity contribution in [3.8, 4) is 17.2 Å². The maximum atomic E-state index is 13.6. The Hall–Kier alpha value is -3.76. The predicted molar refractivity (Wildman–Crippen MR) is 134 cm³/mol. The molecule has 0 spiro atoms. The number of rotatable bonds is 10. The molecule has 3 aromatic carbocycles. The Bertz CT molecular complexity index is 1310. The third-order valence-electron chi connectivity index (χ3n) is 4.89. The Morgan fingerprint density at radius 2 is 1.66 bits per heavy atom. The molecule has 0 aromatic heterocycles. The first kappa shape index (κ1) is 25.9. The van der Waals surface area contributed by atoms with Crippen molar-refractivity contribution in [2.45, 2.75) is 4.90 Å². The first-order chi connectivity index (χ1) is 16.8. The Labute approximate surface area is 208 Å². The Balaban J connectivity index is 1.91. The first-order valence-electron chi connectivity index (χ1n) is 10.3. The van der Waals surface area contributed by atoms with Crippen LogP contribution in [0.25, 0.3) is 0 Å². The van der Waals surface area contributed by atoms with Crippen molar-refractivity contribution in [1.29, 1.82) is 0 Å². The smallest absolute Gasteiger partial charge is 0.264 e. The summed E-state index contributed by atoms with van der Waals surface area (Å²) < 4.78 is 43.7. The van der Waals surface area contributed by atoms with E-state index >= 15 is 0 Å². The standard InChI is InChI=1S/C24H24ClN3O6S/c1-32-19-10-8-18(9-11-19)28(16-24(29)27-26-15-17-6-4-5-7-21(17)25)35(30,31)20-12-13-22(33-2)23(14-20)34-3/h4-15H,16H2,1-3H3,(H,27,29)/b26-15+. The van der Waals surface area contributed by atoms with E-state index < -0.39 is 22.5 Å². The largest absolute Gasteiger partial charge is 0.497 e. The summed E-state index contributed by atoms with van der Waals surface area (Å²) in [6.45, 7) is -0.539. The second-order valence-electron chi connectivity index (χ2n) is 7.04. The molecule has 184 valence electrons. The molecule has 0 fully saturated rings. The first-order valence-corrected chi connectivity index (χ1v) is 12.1. The molecule has 0 aliphatic carbocycles. The Kier molecular flexibility index (Phi) is 8.56. The minimum absolute atomic E-state index is 0.0849. The molecule has 9 nitrogen and oxygen atoms in total. The maximum absolute atomic E-state index is 13.6. The quantitative estimate of drug-likeness (QED) is 0.324. The fourth-order valence-corrected chi connectivity index (χ4v) is 4.71. The number of nitrogens with zero attached hydrogens (tertiary/aromatic N) is 2. The van der Waals surface area contributed by atoms with Gasteiger partial charge >= 0.3 is 0 Å². The highest BCUT2D eigenvalue weighted by Gasteiger charge is 2.28. The zero-order chi connectivity index (χ0) is 25.4. The van der Waals surface area contributed by atoms with E-state index in [4.69, 9.17) is 25.8 Å². The summed E-state index contributed by atoms with van der Waals surface area (Å²) in [5.41, 5.74) is 3.19. The van der Waals surface area contributed by atoms with Gasteiger partial charge in [-0.2, -0.15) is 5.10 Å². The highest BCUT2D eigenvalue weighted by atomic mass is 35.5. The molecule has 1 amide bonds. The molecule has 35 heavy (non-hydrogen) atoms. The number of ether oxygens (including phenoxy) is 3. The molecule has 0 saturated heterocycles. The molecule has 0 radical (unpaired) electrons. The van der Waals surface area contributed by atoms with Gasteiger partial charge < -0.3 is 14.2 Å². The van der Waals surface area contributed by atoms with E-state index in [1.807, 2.05) is 0 Å². The Morgan fingerprint density at radius 1 is 0.971 bits per heavy atom. The number of hydrogen-bond acceptors (Lipinski definition) is 7. The summed E-state index contributed by atoms with van der Waals surface area (Å²) >= 11 is 6.08. The van der Waals surface area contributed by atoms with E-state index in [0.29, 0.717) is 22.1 Å². The van der Waals surface area contributed by atoms with Crippen LogP contribution in [0.15, 0.2) is 76.7 Å². The number of benzene rings is 3. The molecule has 3 aromatic rings. The van der Waals surface area contributed by atoms with E-state index in [1.165, 1.54) is 57.9 Å². The van der Waals surface area contributed by atoms with Crippen LogP contribution in [0.4, 0.5) is 5.69 Å². The van der Waals surface area contributed by atoms with Crippen molar-refractivity contribution in [1.82, 2.24) is 5.43 Å². The maximum Gasteiger partial charge on any atom is 0.264 e. The van der Waals surface area contributed by atoms with Gasteiger partial charge in [0.15, 0.2) is 11.5 Å². The van der Waals surface area contributed by atoms with Crippen molar-refractivity contribution in [3.63, 3.8) is 0 Å². The molecule has 0 bridgehead atoms. The van der Waals surface area contributed by atoms with Crippen LogP contribution >= 0.6 is 11.6 Å². The van der Waals surface area contributed by atoms with Crippen LogP contribution in [0.1, 0.15) is 5.56 Å². The second kappa shape index (κ2) is 11.6. The van der Waals surface area contributed by atoms with Crippen molar-refractivity contribution in [3.05, 3.63) is 77.3 Å². The van der Waals surface area contributed by atoms with Gasteiger partial charge in [-0.05, 0) is 42.5 Å². The number of hydrogen-bond donors (Lipinski definition) is 1. The number of sulfonamides is 1. The highest BCUT2D eigenvalue weighted by Crippen LogP contribution is 2.32. The predicted octanol–water partition coefficient (Wildman–Crippen LogP) is 3.71. The van der Waals surface area contributed by atoms with E-state index in [1.54, 1.807) is 36.4 Å². The zero-order valence-corrected chi connectivity index (χ0v) is 20.8. The molecule has 11 heteroatoms. The summed E-state index contributed by atoms with van der Waals surface area (Å²) in [4.78, 5) is 12.6. The van der Waals surface area contributed by atoms with Gasteiger partial charge in [0.25, 0.3) is 15.9 Å². The molecular weight excluding hydrogens is 494 g/mol. The third-order valence-corrected chi connectivity index (χ3v) is 7.00. The van der Waals surface area contributed by atoms with E-state index in [9.17, 15) is 13.2 Å². The van der Waals surface area contributed by atoms with Crippen molar-refractivity contribution >= 4 is 39.4 Å². The van der Waals surface area contributed by atoms with Gasteiger partial charge in [-0.3, -0.25) is 9.10 Å². The van der Waals surface area contributed by atoms with Crippen molar-refractivity contribution in [2.24, 2.45) is 5.10 Å². The van der Waals surface area contributed by atoms with Gasteiger partial charge in [0.05, 0.1) is 38.1 Å². The molecule has 0 unspecified atom stereocenters. The van der Waals surface area contributed by atoms with Gasteiger partial charge in [-0.15, -0.1) is 0 Å². The monoisotopic (exact) mass is 517 g/mol. The summed E-state index contributed by atoms with van der Waals surface area (Å²) in [7, 11) is 0.161. The van der Waals surface area contributed by atoms with Crippen LogP contribution in [0.3, 0.4) is 0 Å². The van der Waals surface area contributed by atoms with Gasteiger partial charge in [-0.1, -0.05) is 29.8 Å². The number of carbonyl (C=O) groups excluding carboxylic acids is 1. The lowest BCUT2D eigenvalue weighted by Crippen LogP contribution is -2.39. The second-order valence-corrected chi connectivity index (χ2v) is 9.31. The number of nitrogens with one attached hydrogen (secondary N) is 1. The van der Waals surface area contributed by atoms with E-state index in [0.717, 1.165) is 4.31 Å². The lowest BCUT2D eigenvalue weighted by molar-refractivity contribution is -0.119. The topological polar surface area (TPSA) is 107 Å². The van der Waals surface area contributed by atoms with Gasteiger partial charge in [0.1, 0.15) is 12.3 Å². The summed E-state index contributed by atoms with van der Waals surface area (Å²) in [5.74, 6) is 0.477. The average Bonchev–Trinajstić information content (AvgIpc) is 2.88. The fraction of sp³-hybridized carbons (Fsp3) is 0.167. The fourth-order valence-electron chi connectivity index (χ4n) is 3.09. The molecular formula is C24H24ClN3O6S. The van der Waals surface area contributed by atoms with Gasteiger partial charge in [-0.25, -0.2) is 13.8 Å². The molecule has 0 aliphatic heterocycles. The molecule has 0 heterocycles. The number of amides is 1. The van der Waals surface area contributed by atoms with E-state index in [2.05, 4.69) is 10.5 Å². The third kappa shape index (κ3) is 6.23. The minimum atomic E-state index is -4.19. The zero-order valence-electron chi connectivity index (χ0n) is 19.3. The highest BCUT2D eigenvalue weighted by molar-refractivity contribution is 7.92. The average molecular weight is 518 g/mol. The molecule has 0 saturated carbocycles. The van der Waals surface area contributed by atoms with Crippen LogP contribution in [-0.2, 0) is 14.8 Å². The number of halogens is 1. The summed E-state index contributed by atoms with van der Waals surface area (Å²) in [5, 5.41) is 4.35. The van der Waals surface area contributed by atoms with Gasteiger partial charge in [0, 0.05) is 16.7 Å². The van der Waals surface area contributed by atoms with Crippen LogP contribution in [0, 0.1) is 0 Å². The summed E-state index contributed by atoms with van der Waals surface area (Å²) in [6, 6.07) is 17.4. The Morgan fingerprint density at radius 3 is 2.29 bits per heavy atom. The lowest BCUT2D eigenvalue weighted by Gasteiger charge is -2.24. The SMILES string of the molecule is COc1ccc(N(CC(=O)N/N=C/c2ccccc2Cl)S(=O)(=O)c2ccc(OC)c(OC)c2)cc1. The minimum Gasteiger partial charge on any atom is -0.497 e.